The Labute approximate surface area is 122 Å². The third kappa shape index (κ3) is 3.00. The molecule has 21 heavy (non-hydrogen) atoms. The minimum Gasteiger partial charge on any atom is -0.493 e. The number of carbonyl (C=O) groups excluding carboxylic acids is 1. The first-order chi connectivity index (χ1) is 10.1. The van der Waals surface area contributed by atoms with Gasteiger partial charge in [-0.3, -0.25) is 4.79 Å². The second-order valence-electron chi connectivity index (χ2n) is 4.21. The molecule has 0 saturated heterocycles. The van der Waals surface area contributed by atoms with Crippen LogP contribution in [0.5, 0.6) is 23.0 Å². The van der Waals surface area contributed by atoms with Crippen LogP contribution in [0.15, 0.2) is 36.4 Å². The molecule has 0 unspecified atom stereocenters. The van der Waals surface area contributed by atoms with E-state index in [2.05, 4.69) is 0 Å². The summed E-state index contributed by atoms with van der Waals surface area (Å²) in [5, 5.41) is 0. The van der Waals surface area contributed by atoms with Gasteiger partial charge in [0.1, 0.15) is 5.75 Å². The van der Waals surface area contributed by atoms with Crippen molar-refractivity contribution >= 4 is 11.6 Å². The van der Waals surface area contributed by atoms with Gasteiger partial charge in [0.2, 0.25) is 5.75 Å². The molecule has 0 aliphatic heterocycles. The van der Waals surface area contributed by atoms with Gasteiger partial charge in [0.15, 0.2) is 11.5 Å². The highest BCUT2D eigenvalue weighted by Crippen LogP contribution is 2.40. The van der Waals surface area contributed by atoms with Gasteiger partial charge in [-0.1, -0.05) is 6.07 Å². The SMILES string of the molecule is COc1cccc(OC)c1Oc1ccc(N)c(C(N)=O)c1. The van der Waals surface area contributed by atoms with Gasteiger partial charge in [0.25, 0.3) is 5.91 Å². The van der Waals surface area contributed by atoms with Crippen molar-refractivity contribution in [2.24, 2.45) is 5.73 Å². The van der Waals surface area contributed by atoms with E-state index in [4.69, 9.17) is 25.7 Å². The third-order valence-electron chi connectivity index (χ3n) is 2.89. The van der Waals surface area contributed by atoms with E-state index >= 15 is 0 Å². The number of primary amides is 1. The van der Waals surface area contributed by atoms with Crippen LogP contribution in [0.3, 0.4) is 0 Å². The number of nitrogen functional groups attached to an aromatic ring is 1. The van der Waals surface area contributed by atoms with E-state index in [1.165, 1.54) is 20.3 Å². The lowest BCUT2D eigenvalue weighted by atomic mass is 10.1. The Bertz CT molecular complexity index is 648. The fourth-order valence-electron chi connectivity index (χ4n) is 1.85. The Hall–Kier alpha value is -2.89. The summed E-state index contributed by atoms with van der Waals surface area (Å²) in [5.41, 5.74) is 11.4. The standard InChI is InChI=1S/C15H16N2O4/c1-19-12-4-3-5-13(20-2)14(12)21-9-6-7-11(16)10(8-9)15(17)18/h3-8H,16H2,1-2H3,(H2,17,18). The molecule has 0 aromatic heterocycles. The maximum Gasteiger partial charge on any atom is 0.250 e. The lowest BCUT2D eigenvalue weighted by Gasteiger charge is -2.14. The average molecular weight is 288 g/mol. The van der Waals surface area contributed by atoms with E-state index in [0.29, 0.717) is 28.7 Å². The van der Waals surface area contributed by atoms with E-state index < -0.39 is 5.91 Å². The molecule has 4 N–H and O–H groups in total. The highest BCUT2D eigenvalue weighted by Gasteiger charge is 2.14. The number of nitrogens with two attached hydrogens (primary N) is 2. The van der Waals surface area contributed by atoms with Gasteiger partial charge >= 0.3 is 0 Å². The van der Waals surface area contributed by atoms with Crippen molar-refractivity contribution in [3.05, 3.63) is 42.0 Å². The molecule has 0 radical (unpaired) electrons. The van der Waals surface area contributed by atoms with Crippen LogP contribution in [-0.4, -0.2) is 20.1 Å². The van der Waals surface area contributed by atoms with Crippen LogP contribution in [-0.2, 0) is 0 Å². The van der Waals surface area contributed by atoms with Crippen molar-refractivity contribution in [3.8, 4) is 23.0 Å². The Balaban J connectivity index is 2.43. The monoisotopic (exact) mass is 288 g/mol. The number of rotatable bonds is 5. The third-order valence-corrected chi connectivity index (χ3v) is 2.89. The first kappa shape index (κ1) is 14.5. The fraction of sp³-hybridized carbons (Fsp3) is 0.133. The highest BCUT2D eigenvalue weighted by atomic mass is 16.5. The predicted octanol–water partition coefficient (Wildman–Crippen LogP) is 2.18. The Kier molecular flexibility index (Phi) is 4.18. The van der Waals surface area contributed by atoms with Crippen molar-refractivity contribution in [3.63, 3.8) is 0 Å². The molecule has 6 heteroatoms. The molecule has 2 aromatic carbocycles. The maximum atomic E-state index is 11.3. The lowest BCUT2D eigenvalue weighted by Crippen LogP contribution is -2.13. The fourth-order valence-corrected chi connectivity index (χ4v) is 1.85. The summed E-state index contributed by atoms with van der Waals surface area (Å²) >= 11 is 0. The molecule has 0 aliphatic rings. The number of methoxy groups -OCH3 is 2. The van der Waals surface area contributed by atoms with Crippen molar-refractivity contribution in [1.29, 1.82) is 0 Å². The molecular formula is C15H16N2O4. The van der Waals surface area contributed by atoms with Crippen molar-refractivity contribution < 1.29 is 19.0 Å². The number of hydrogen-bond acceptors (Lipinski definition) is 5. The largest absolute Gasteiger partial charge is 0.493 e. The van der Waals surface area contributed by atoms with E-state index in [-0.39, 0.29) is 5.56 Å². The van der Waals surface area contributed by atoms with Gasteiger partial charge in [-0.25, -0.2) is 0 Å². The van der Waals surface area contributed by atoms with Gasteiger partial charge in [0, 0.05) is 5.69 Å². The summed E-state index contributed by atoms with van der Waals surface area (Å²) in [6.45, 7) is 0. The number of ether oxygens (including phenoxy) is 3. The lowest BCUT2D eigenvalue weighted by molar-refractivity contribution is 0.100. The molecule has 0 spiro atoms. The minimum atomic E-state index is -0.620. The normalized spacial score (nSPS) is 10.0. The molecule has 0 atom stereocenters. The molecule has 6 nitrogen and oxygen atoms in total. The molecule has 1 amide bonds. The van der Waals surface area contributed by atoms with Crippen molar-refractivity contribution in [2.75, 3.05) is 20.0 Å². The molecule has 2 aromatic rings. The molecule has 0 fully saturated rings. The maximum absolute atomic E-state index is 11.3. The van der Waals surface area contributed by atoms with Gasteiger partial charge in [0.05, 0.1) is 19.8 Å². The zero-order chi connectivity index (χ0) is 15.4. The smallest absolute Gasteiger partial charge is 0.250 e. The molecule has 110 valence electrons. The van der Waals surface area contributed by atoms with Crippen LogP contribution in [0.25, 0.3) is 0 Å². The predicted molar refractivity (Wildman–Crippen MR) is 79.0 cm³/mol. The topological polar surface area (TPSA) is 96.8 Å². The minimum absolute atomic E-state index is 0.196. The molecule has 0 heterocycles. The molecule has 0 bridgehead atoms. The molecule has 0 saturated carbocycles. The quantitative estimate of drug-likeness (QED) is 0.822. The van der Waals surface area contributed by atoms with Crippen LogP contribution in [0.2, 0.25) is 0 Å². The Morgan fingerprint density at radius 3 is 2.19 bits per heavy atom. The van der Waals surface area contributed by atoms with Crippen LogP contribution >= 0.6 is 0 Å². The molecule has 2 rings (SSSR count). The summed E-state index contributed by atoms with van der Waals surface area (Å²) in [7, 11) is 3.05. The van der Waals surface area contributed by atoms with Crippen LogP contribution in [0, 0.1) is 0 Å². The summed E-state index contributed by atoms with van der Waals surface area (Å²) in [6.07, 6.45) is 0. The zero-order valence-corrected chi connectivity index (χ0v) is 11.8. The summed E-state index contributed by atoms with van der Waals surface area (Å²) in [5.74, 6) is 1.20. The van der Waals surface area contributed by atoms with Crippen LogP contribution in [0.4, 0.5) is 5.69 Å². The second-order valence-corrected chi connectivity index (χ2v) is 4.21. The summed E-state index contributed by atoms with van der Waals surface area (Å²) in [4.78, 5) is 11.3. The number of amides is 1. The summed E-state index contributed by atoms with van der Waals surface area (Å²) < 4.78 is 16.2. The number of anilines is 1. The Morgan fingerprint density at radius 2 is 1.67 bits per heavy atom. The van der Waals surface area contributed by atoms with Crippen molar-refractivity contribution in [1.82, 2.24) is 0 Å². The highest BCUT2D eigenvalue weighted by molar-refractivity contribution is 5.98. The first-order valence-corrected chi connectivity index (χ1v) is 6.15. The first-order valence-electron chi connectivity index (χ1n) is 6.15. The number of carbonyl (C=O) groups is 1. The van der Waals surface area contributed by atoms with Crippen LogP contribution in [0.1, 0.15) is 10.4 Å². The second kappa shape index (κ2) is 6.04. The molecular weight excluding hydrogens is 272 g/mol. The van der Waals surface area contributed by atoms with E-state index in [1.807, 2.05) is 0 Å². The number of benzene rings is 2. The Morgan fingerprint density at radius 1 is 1.05 bits per heavy atom. The number of hydrogen-bond donors (Lipinski definition) is 2. The molecule has 0 aliphatic carbocycles. The van der Waals surface area contributed by atoms with Gasteiger partial charge < -0.3 is 25.7 Å². The van der Waals surface area contributed by atoms with Crippen molar-refractivity contribution in [2.45, 2.75) is 0 Å². The van der Waals surface area contributed by atoms with E-state index in [9.17, 15) is 4.79 Å². The van der Waals surface area contributed by atoms with Gasteiger partial charge in [-0.2, -0.15) is 0 Å². The summed E-state index contributed by atoms with van der Waals surface area (Å²) in [6, 6.07) is 9.92. The average Bonchev–Trinajstić information content (AvgIpc) is 2.49. The number of para-hydroxylation sites is 1. The van der Waals surface area contributed by atoms with Gasteiger partial charge in [-0.05, 0) is 30.3 Å². The van der Waals surface area contributed by atoms with E-state index in [0.717, 1.165) is 0 Å². The van der Waals surface area contributed by atoms with Crippen LogP contribution < -0.4 is 25.7 Å². The van der Waals surface area contributed by atoms with E-state index in [1.54, 1.807) is 30.3 Å². The zero-order valence-electron chi connectivity index (χ0n) is 11.8. The van der Waals surface area contributed by atoms with Gasteiger partial charge in [-0.15, -0.1) is 0 Å².